The highest BCUT2D eigenvalue weighted by molar-refractivity contribution is 6.18. The normalized spacial score (nSPS) is 25.8. The van der Waals surface area contributed by atoms with Crippen LogP contribution in [0.5, 0.6) is 0 Å². The Kier molecular flexibility index (Phi) is 3.81. The van der Waals surface area contributed by atoms with Crippen LogP contribution in [0.2, 0.25) is 0 Å². The van der Waals surface area contributed by atoms with Crippen LogP contribution in [-0.2, 0) is 4.74 Å². The molecule has 76 valence electrons. The summed E-state index contributed by atoms with van der Waals surface area (Å²) in [4.78, 5) is 12.4. The van der Waals surface area contributed by atoms with Crippen molar-refractivity contribution in [2.75, 3.05) is 19.5 Å². The zero-order chi connectivity index (χ0) is 9.84. The molecule has 1 heterocycles. The maximum absolute atomic E-state index is 10.3. The molecule has 0 aromatic carbocycles. The Morgan fingerprint density at radius 3 is 2.92 bits per heavy atom. The first-order valence-electron chi connectivity index (χ1n) is 4.31. The van der Waals surface area contributed by atoms with E-state index in [9.17, 15) is 4.79 Å². The minimum Gasteiger partial charge on any atom is -0.450 e. The lowest BCUT2D eigenvalue weighted by atomic mass is 10.1. The molecule has 1 N–H and O–H groups in total. The van der Waals surface area contributed by atoms with Crippen molar-refractivity contribution in [3.8, 4) is 0 Å². The Balaban J connectivity index is 2.49. The van der Waals surface area contributed by atoms with E-state index in [1.165, 1.54) is 0 Å². The third-order valence-electron chi connectivity index (χ3n) is 2.41. The van der Waals surface area contributed by atoms with Gasteiger partial charge < -0.3 is 9.84 Å². The lowest BCUT2D eigenvalue weighted by molar-refractivity contribution is 0.0284. The van der Waals surface area contributed by atoms with Gasteiger partial charge in [-0.25, -0.2) is 4.79 Å². The third-order valence-corrected chi connectivity index (χ3v) is 2.71. The Bertz CT molecular complexity index is 188. The fourth-order valence-corrected chi connectivity index (χ4v) is 2.02. The fourth-order valence-electron chi connectivity index (χ4n) is 1.75. The van der Waals surface area contributed by atoms with E-state index in [-0.39, 0.29) is 11.9 Å². The van der Waals surface area contributed by atoms with E-state index >= 15 is 0 Å². The molecule has 0 aromatic rings. The lowest BCUT2D eigenvalue weighted by Crippen LogP contribution is -2.40. The topological polar surface area (TPSA) is 49.8 Å². The summed E-state index contributed by atoms with van der Waals surface area (Å²) in [5.74, 6) is 0.224. The van der Waals surface area contributed by atoms with E-state index < -0.39 is 12.3 Å². The summed E-state index contributed by atoms with van der Waals surface area (Å²) in [6.07, 6.45) is 0.399. The number of nitrogens with zero attached hydrogens (tertiary/aromatic N) is 1. The zero-order valence-electron chi connectivity index (χ0n) is 7.57. The number of halogens is 1. The van der Waals surface area contributed by atoms with Crippen LogP contribution in [0.15, 0.2) is 0 Å². The van der Waals surface area contributed by atoms with Crippen molar-refractivity contribution in [3.63, 3.8) is 0 Å². The molecule has 0 spiro atoms. The van der Waals surface area contributed by atoms with E-state index in [1.54, 1.807) is 0 Å². The molecule has 1 unspecified atom stereocenters. The van der Waals surface area contributed by atoms with E-state index in [1.807, 2.05) is 7.05 Å². The van der Waals surface area contributed by atoms with Crippen LogP contribution in [0.4, 0.5) is 4.79 Å². The largest absolute Gasteiger partial charge is 0.506 e. The molecule has 0 radical (unpaired) electrons. The number of hydrogen-bond donors (Lipinski definition) is 1. The predicted octanol–water partition coefficient (Wildman–Crippen LogP) is 1.38. The summed E-state index contributed by atoms with van der Waals surface area (Å²) in [6, 6.07) is 0.147. The van der Waals surface area contributed by atoms with Crippen molar-refractivity contribution in [1.29, 1.82) is 0 Å². The van der Waals surface area contributed by atoms with Gasteiger partial charge in [0.15, 0.2) is 0 Å². The van der Waals surface area contributed by atoms with Crippen LogP contribution in [-0.4, -0.2) is 47.8 Å². The quantitative estimate of drug-likeness (QED) is 0.561. The number of likely N-dealkylation sites (N-methyl/N-ethyl adjacent to an activating group) is 1. The van der Waals surface area contributed by atoms with Gasteiger partial charge in [-0.2, -0.15) is 0 Å². The van der Waals surface area contributed by atoms with Gasteiger partial charge in [-0.1, -0.05) is 0 Å². The molecule has 0 aromatic heterocycles. The van der Waals surface area contributed by atoms with E-state index in [0.717, 1.165) is 19.4 Å². The van der Waals surface area contributed by atoms with Crippen molar-refractivity contribution >= 4 is 17.8 Å². The highest BCUT2D eigenvalue weighted by Gasteiger charge is 2.31. The number of rotatable bonds is 3. The molecule has 13 heavy (non-hydrogen) atoms. The van der Waals surface area contributed by atoms with Crippen LogP contribution in [0, 0.1) is 0 Å². The molecule has 0 aliphatic carbocycles. The van der Waals surface area contributed by atoms with Crippen molar-refractivity contribution < 1.29 is 14.6 Å². The molecule has 1 rings (SSSR count). The highest BCUT2D eigenvalue weighted by atomic mass is 35.5. The molecule has 0 saturated carbocycles. The summed E-state index contributed by atoms with van der Waals surface area (Å²) >= 11 is 5.64. The highest BCUT2D eigenvalue weighted by Crippen LogP contribution is 2.20. The number of likely N-dealkylation sites (tertiary alicyclic amines) is 1. The number of carboxylic acid groups (broad SMARTS) is 1. The van der Waals surface area contributed by atoms with Gasteiger partial charge in [-0.3, -0.25) is 4.90 Å². The molecule has 2 atom stereocenters. The summed E-state index contributed by atoms with van der Waals surface area (Å²) in [7, 11) is 1.96. The van der Waals surface area contributed by atoms with Crippen LogP contribution in [0.1, 0.15) is 12.8 Å². The van der Waals surface area contributed by atoms with Crippen molar-refractivity contribution in [1.82, 2.24) is 4.90 Å². The molecule has 0 bridgehead atoms. The fraction of sp³-hybridized carbons (Fsp3) is 0.875. The SMILES string of the molecule is CN1CCCC1[C@@H](CCl)OC(=O)O. The Labute approximate surface area is 82.4 Å². The molecule has 5 heteroatoms. The van der Waals surface area contributed by atoms with Gasteiger partial charge in [0, 0.05) is 6.04 Å². The summed E-state index contributed by atoms with van der Waals surface area (Å²) < 4.78 is 4.70. The van der Waals surface area contributed by atoms with Gasteiger partial charge >= 0.3 is 6.16 Å². The Morgan fingerprint density at radius 1 is 1.85 bits per heavy atom. The minimum absolute atomic E-state index is 0.147. The Morgan fingerprint density at radius 2 is 2.54 bits per heavy atom. The molecule has 4 nitrogen and oxygen atoms in total. The maximum Gasteiger partial charge on any atom is 0.506 e. The van der Waals surface area contributed by atoms with Gasteiger partial charge in [0.1, 0.15) is 6.10 Å². The summed E-state index contributed by atoms with van der Waals surface area (Å²) in [5, 5.41) is 8.46. The average molecular weight is 208 g/mol. The van der Waals surface area contributed by atoms with Crippen molar-refractivity contribution in [2.24, 2.45) is 0 Å². The first kappa shape index (κ1) is 10.6. The second kappa shape index (κ2) is 4.67. The van der Waals surface area contributed by atoms with Gasteiger partial charge in [-0.05, 0) is 26.4 Å². The number of alkyl halides is 1. The third kappa shape index (κ3) is 2.74. The molecule has 1 saturated heterocycles. The van der Waals surface area contributed by atoms with Gasteiger partial charge in [0.2, 0.25) is 0 Å². The molecular formula is C8H14ClNO3. The van der Waals surface area contributed by atoms with Crippen LogP contribution in [0.3, 0.4) is 0 Å². The van der Waals surface area contributed by atoms with Crippen molar-refractivity contribution in [3.05, 3.63) is 0 Å². The van der Waals surface area contributed by atoms with Gasteiger partial charge in [0.25, 0.3) is 0 Å². The van der Waals surface area contributed by atoms with E-state index in [2.05, 4.69) is 4.90 Å². The van der Waals surface area contributed by atoms with Gasteiger partial charge in [-0.15, -0.1) is 11.6 Å². The molecule has 1 aliphatic rings. The zero-order valence-corrected chi connectivity index (χ0v) is 8.33. The lowest BCUT2D eigenvalue weighted by Gasteiger charge is -2.25. The van der Waals surface area contributed by atoms with Crippen molar-refractivity contribution in [2.45, 2.75) is 25.0 Å². The Hall–Kier alpha value is -0.480. The molecule has 0 amide bonds. The summed E-state index contributed by atoms with van der Waals surface area (Å²) in [5.41, 5.74) is 0. The van der Waals surface area contributed by atoms with Crippen LogP contribution < -0.4 is 0 Å². The average Bonchev–Trinajstić information content (AvgIpc) is 2.47. The summed E-state index contributed by atoms with van der Waals surface area (Å²) in [6.45, 7) is 0.987. The minimum atomic E-state index is -1.24. The number of hydrogen-bond acceptors (Lipinski definition) is 3. The molecule has 1 fully saturated rings. The first-order chi connectivity index (χ1) is 6.15. The second-order valence-electron chi connectivity index (χ2n) is 3.27. The van der Waals surface area contributed by atoms with E-state index in [0.29, 0.717) is 0 Å². The number of ether oxygens (including phenoxy) is 1. The first-order valence-corrected chi connectivity index (χ1v) is 4.84. The predicted molar refractivity (Wildman–Crippen MR) is 49.3 cm³/mol. The smallest absolute Gasteiger partial charge is 0.450 e. The van der Waals surface area contributed by atoms with Crippen LogP contribution >= 0.6 is 11.6 Å². The standard InChI is InChI=1S/C8H14ClNO3/c1-10-4-2-3-6(10)7(5-9)13-8(11)12/h6-7H,2-5H2,1H3,(H,11,12)/t6?,7-/m1/s1. The maximum atomic E-state index is 10.3. The van der Waals surface area contributed by atoms with Crippen LogP contribution in [0.25, 0.3) is 0 Å². The number of carbonyl (C=O) groups is 1. The molecular weight excluding hydrogens is 194 g/mol. The second-order valence-corrected chi connectivity index (χ2v) is 3.58. The van der Waals surface area contributed by atoms with E-state index in [4.69, 9.17) is 21.4 Å². The monoisotopic (exact) mass is 207 g/mol. The van der Waals surface area contributed by atoms with Gasteiger partial charge in [0.05, 0.1) is 5.88 Å². The molecule has 1 aliphatic heterocycles.